The molecule has 0 aromatic carbocycles. The molecular formula is C9H8ClN3OS. The predicted molar refractivity (Wildman–Crippen MR) is 60.4 cm³/mol. The average Bonchev–Trinajstić information content (AvgIpc) is 2.60. The fraction of sp³-hybridized carbons (Fsp3) is 0.222. The molecule has 0 aliphatic heterocycles. The van der Waals surface area contributed by atoms with Gasteiger partial charge in [0.2, 0.25) is 0 Å². The van der Waals surface area contributed by atoms with Crippen LogP contribution in [0.25, 0.3) is 10.8 Å². The summed E-state index contributed by atoms with van der Waals surface area (Å²) in [6, 6.07) is 0. The van der Waals surface area contributed by atoms with Gasteiger partial charge < -0.3 is 4.98 Å². The Balaban J connectivity index is 2.60. The lowest BCUT2D eigenvalue weighted by molar-refractivity contribution is 1.03. The summed E-state index contributed by atoms with van der Waals surface area (Å²) in [6.45, 7) is 3.53. The van der Waals surface area contributed by atoms with Crippen molar-refractivity contribution in [1.29, 1.82) is 0 Å². The summed E-state index contributed by atoms with van der Waals surface area (Å²) in [6.07, 6.45) is 1.54. The van der Waals surface area contributed by atoms with Crippen molar-refractivity contribution < 1.29 is 0 Å². The second kappa shape index (κ2) is 3.75. The molecule has 0 amide bonds. The molecule has 4 nitrogen and oxygen atoms in total. The van der Waals surface area contributed by atoms with Crippen molar-refractivity contribution in [3.63, 3.8) is 0 Å². The van der Waals surface area contributed by atoms with Gasteiger partial charge in [-0.25, -0.2) is 9.97 Å². The van der Waals surface area contributed by atoms with E-state index in [1.54, 1.807) is 13.8 Å². The van der Waals surface area contributed by atoms with Gasteiger partial charge in [0.15, 0.2) is 10.8 Å². The van der Waals surface area contributed by atoms with Gasteiger partial charge in [-0.15, -0.1) is 0 Å². The molecule has 6 heteroatoms. The van der Waals surface area contributed by atoms with Gasteiger partial charge in [0.05, 0.1) is 6.20 Å². The number of rotatable bonds is 1. The van der Waals surface area contributed by atoms with Crippen LogP contribution in [0.5, 0.6) is 0 Å². The zero-order chi connectivity index (χ0) is 11.0. The van der Waals surface area contributed by atoms with E-state index in [0.29, 0.717) is 26.4 Å². The van der Waals surface area contributed by atoms with E-state index in [4.69, 9.17) is 11.6 Å². The number of hydrogen-bond acceptors (Lipinski definition) is 4. The molecule has 0 unspecified atom stereocenters. The molecule has 0 saturated heterocycles. The highest BCUT2D eigenvalue weighted by molar-refractivity contribution is 7.18. The van der Waals surface area contributed by atoms with Gasteiger partial charge in [0.1, 0.15) is 4.34 Å². The van der Waals surface area contributed by atoms with Crippen LogP contribution in [0, 0.1) is 13.8 Å². The second-order valence-electron chi connectivity index (χ2n) is 3.09. The number of thiazole rings is 1. The van der Waals surface area contributed by atoms with Crippen molar-refractivity contribution in [2.75, 3.05) is 0 Å². The fourth-order valence-corrected chi connectivity index (χ4v) is 1.97. The molecule has 2 aromatic heterocycles. The quantitative estimate of drug-likeness (QED) is 0.832. The Morgan fingerprint density at radius 2 is 2.20 bits per heavy atom. The molecule has 0 aliphatic carbocycles. The monoisotopic (exact) mass is 241 g/mol. The van der Waals surface area contributed by atoms with Crippen LogP contribution in [0.2, 0.25) is 4.34 Å². The first kappa shape index (κ1) is 10.3. The fourth-order valence-electron chi connectivity index (χ4n) is 1.11. The molecule has 2 heterocycles. The van der Waals surface area contributed by atoms with Gasteiger partial charge in [0, 0.05) is 11.3 Å². The van der Waals surface area contributed by atoms with Crippen LogP contribution in [-0.4, -0.2) is 15.0 Å². The first-order valence-corrected chi connectivity index (χ1v) is 5.46. The number of nitrogens with zero attached hydrogens (tertiary/aromatic N) is 2. The minimum Gasteiger partial charge on any atom is -0.304 e. The van der Waals surface area contributed by atoms with Crippen LogP contribution in [-0.2, 0) is 0 Å². The van der Waals surface area contributed by atoms with Crippen molar-refractivity contribution in [3.05, 3.63) is 32.1 Å². The number of hydrogen-bond donors (Lipinski definition) is 1. The lowest BCUT2D eigenvalue weighted by atomic mass is 10.3. The standard InChI is InChI=1S/C9H8ClN3OS/c1-4-5(2)12-7(13-8(4)14)9-11-3-6(10)15-9/h3H,1-2H3,(H,12,13,14). The third-order valence-corrected chi connectivity index (χ3v) is 3.20. The van der Waals surface area contributed by atoms with Crippen molar-refractivity contribution in [1.82, 2.24) is 15.0 Å². The van der Waals surface area contributed by atoms with Crippen molar-refractivity contribution in [3.8, 4) is 10.8 Å². The number of H-pyrrole nitrogens is 1. The summed E-state index contributed by atoms with van der Waals surface area (Å²) in [5.74, 6) is 0.472. The summed E-state index contributed by atoms with van der Waals surface area (Å²) in [4.78, 5) is 22.5. The SMILES string of the molecule is Cc1nc(-c2ncc(Cl)s2)[nH]c(=O)c1C. The minimum atomic E-state index is -0.135. The maximum atomic E-state index is 11.5. The van der Waals surface area contributed by atoms with E-state index in [0.717, 1.165) is 0 Å². The van der Waals surface area contributed by atoms with Crippen molar-refractivity contribution in [2.24, 2.45) is 0 Å². The molecule has 0 radical (unpaired) electrons. The molecule has 0 atom stereocenters. The normalized spacial score (nSPS) is 10.6. The molecule has 15 heavy (non-hydrogen) atoms. The Morgan fingerprint density at radius 1 is 1.47 bits per heavy atom. The van der Waals surface area contributed by atoms with Crippen LogP contribution in [0.15, 0.2) is 11.0 Å². The van der Waals surface area contributed by atoms with Crippen molar-refractivity contribution >= 4 is 22.9 Å². The van der Waals surface area contributed by atoms with E-state index in [1.807, 2.05) is 0 Å². The van der Waals surface area contributed by atoms with Gasteiger partial charge in [0.25, 0.3) is 5.56 Å². The molecular weight excluding hydrogens is 234 g/mol. The van der Waals surface area contributed by atoms with E-state index in [1.165, 1.54) is 17.5 Å². The van der Waals surface area contributed by atoms with E-state index < -0.39 is 0 Å². The summed E-state index contributed by atoms with van der Waals surface area (Å²) >= 11 is 7.04. The zero-order valence-electron chi connectivity index (χ0n) is 8.17. The zero-order valence-corrected chi connectivity index (χ0v) is 9.74. The van der Waals surface area contributed by atoms with Crippen molar-refractivity contribution in [2.45, 2.75) is 13.8 Å². The molecule has 0 aliphatic rings. The summed E-state index contributed by atoms with van der Waals surface area (Å²) in [5, 5.41) is 0.625. The molecule has 78 valence electrons. The molecule has 0 saturated carbocycles. The van der Waals surface area contributed by atoms with Crippen LogP contribution >= 0.6 is 22.9 Å². The first-order valence-electron chi connectivity index (χ1n) is 4.27. The van der Waals surface area contributed by atoms with Gasteiger partial charge in [-0.1, -0.05) is 22.9 Å². The van der Waals surface area contributed by atoms with Crippen LogP contribution in [0.3, 0.4) is 0 Å². The van der Waals surface area contributed by atoms with Gasteiger partial charge in [-0.05, 0) is 13.8 Å². The third-order valence-electron chi connectivity index (χ3n) is 2.07. The third kappa shape index (κ3) is 1.93. The molecule has 2 aromatic rings. The number of aromatic amines is 1. The highest BCUT2D eigenvalue weighted by atomic mass is 35.5. The Kier molecular flexibility index (Phi) is 2.58. The lowest BCUT2D eigenvalue weighted by Crippen LogP contribution is -2.14. The van der Waals surface area contributed by atoms with E-state index >= 15 is 0 Å². The molecule has 0 bridgehead atoms. The molecule has 0 fully saturated rings. The Morgan fingerprint density at radius 3 is 2.73 bits per heavy atom. The van der Waals surface area contributed by atoms with Crippen LogP contribution in [0.1, 0.15) is 11.3 Å². The van der Waals surface area contributed by atoms with E-state index in [2.05, 4.69) is 15.0 Å². The lowest BCUT2D eigenvalue weighted by Gasteiger charge is -2.00. The second-order valence-corrected chi connectivity index (χ2v) is 4.76. The van der Waals surface area contributed by atoms with Gasteiger partial charge >= 0.3 is 0 Å². The smallest absolute Gasteiger partial charge is 0.254 e. The number of nitrogens with one attached hydrogen (secondary N) is 1. The largest absolute Gasteiger partial charge is 0.304 e. The van der Waals surface area contributed by atoms with Crippen LogP contribution in [0.4, 0.5) is 0 Å². The molecule has 0 spiro atoms. The summed E-state index contributed by atoms with van der Waals surface area (Å²) < 4.78 is 0.575. The minimum absolute atomic E-state index is 0.135. The summed E-state index contributed by atoms with van der Waals surface area (Å²) in [5.41, 5.74) is 1.20. The highest BCUT2D eigenvalue weighted by Gasteiger charge is 2.08. The maximum absolute atomic E-state index is 11.5. The molecule has 1 N–H and O–H groups in total. The predicted octanol–water partition coefficient (Wildman–Crippen LogP) is 2.16. The Labute approximate surface area is 95.0 Å². The maximum Gasteiger partial charge on any atom is 0.254 e. The topological polar surface area (TPSA) is 58.6 Å². The van der Waals surface area contributed by atoms with E-state index in [9.17, 15) is 4.79 Å². The highest BCUT2D eigenvalue weighted by Crippen LogP contribution is 2.25. The number of halogens is 1. The van der Waals surface area contributed by atoms with Crippen LogP contribution < -0.4 is 5.56 Å². The Hall–Kier alpha value is -1.20. The average molecular weight is 242 g/mol. The number of aryl methyl sites for hydroxylation is 1. The van der Waals surface area contributed by atoms with E-state index in [-0.39, 0.29) is 5.56 Å². The summed E-state index contributed by atoms with van der Waals surface area (Å²) in [7, 11) is 0. The van der Waals surface area contributed by atoms with Gasteiger partial charge in [-0.3, -0.25) is 4.79 Å². The first-order chi connectivity index (χ1) is 7.08. The number of aromatic nitrogens is 3. The Bertz CT molecular complexity index is 561. The molecule has 2 rings (SSSR count). The van der Waals surface area contributed by atoms with Gasteiger partial charge in [-0.2, -0.15) is 0 Å².